The van der Waals surface area contributed by atoms with E-state index in [4.69, 9.17) is 5.26 Å². The van der Waals surface area contributed by atoms with Crippen LogP contribution in [0.5, 0.6) is 5.75 Å². The summed E-state index contributed by atoms with van der Waals surface area (Å²) in [6.07, 6.45) is 13.7. The third-order valence-electron chi connectivity index (χ3n) is 5.25. The van der Waals surface area contributed by atoms with E-state index >= 15 is 0 Å². The molecule has 0 heterocycles. The fourth-order valence-corrected chi connectivity index (χ4v) is 4.00. The molecule has 1 N–H and O–H groups in total. The SMILES string of the molecule is N#Cc1ccc(CC2CCC(C3C=CCC3)CC2)cc1O. The number of phenols is 1. The van der Waals surface area contributed by atoms with Gasteiger partial charge in [0.1, 0.15) is 11.8 Å². The van der Waals surface area contributed by atoms with Gasteiger partial charge in [0, 0.05) is 0 Å². The second-order valence-electron chi connectivity index (χ2n) is 6.62. The third-order valence-corrected chi connectivity index (χ3v) is 5.25. The van der Waals surface area contributed by atoms with Crippen molar-refractivity contribution in [2.45, 2.75) is 44.9 Å². The van der Waals surface area contributed by atoms with Gasteiger partial charge in [-0.05, 0) is 80.4 Å². The normalized spacial score (nSPS) is 28.4. The first-order valence-electron chi connectivity index (χ1n) is 8.15. The maximum absolute atomic E-state index is 9.78. The second kappa shape index (κ2) is 6.35. The van der Waals surface area contributed by atoms with Gasteiger partial charge in [-0.2, -0.15) is 5.26 Å². The summed E-state index contributed by atoms with van der Waals surface area (Å²) >= 11 is 0. The Morgan fingerprint density at radius 1 is 1.14 bits per heavy atom. The number of nitrogens with zero attached hydrogens (tertiary/aromatic N) is 1. The van der Waals surface area contributed by atoms with E-state index in [0.717, 1.165) is 29.7 Å². The highest BCUT2D eigenvalue weighted by molar-refractivity contribution is 5.44. The van der Waals surface area contributed by atoms with E-state index in [2.05, 4.69) is 12.2 Å². The van der Waals surface area contributed by atoms with Crippen molar-refractivity contribution >= 4 is 0 Å². The van der Waals surface area contributed by atoms with E-state index in [1.807, 2.05) is 12.1 Å². The predicted octanol–water partition coefficient (Wildman–Crippen LogP) is 4.58. The Morgan fingerprint density at radius 3 is 2.57 bits per heavy atom. The molecule has 2 nitrogen and oxygen atoms in total. The summed E-state index contributed by atoms with van der Waals surface area (Å²) in [5, 5.41) is 18.6. The molecule has 2 heteroatoms. The van der Waals surface area contributed by atoms with Crippen LogP contribution in [0.4, 0.5) is 0 Å². The number of nitriles is 1. The number of aromatic hydroxyl groups is 1. The average Bonchev–Trinajstić information content (AvgIpc) is 3.02. The summed E-state index contributed by atoms with van der Waals surface area (Å²) in [5.74, 6) is 2.60. The Kier molecular flexibility index (Phi) is 4.29. The maximum Gasteiger partial charge on any atom is 0.133 e. The maximum atomic E-state index is 9.78. The van der Waals surface area contributed by atoms with Gasteiger partial charge < -0.3 is 5.11 Å². The molecule has 2 aliphatic rings. The van der Waals surface area contributed by atoms with Gasteiger partial charge in [0.25, 0.3) is 0 Å². The van der Waals surface area contributed by atoms with Crippen LogP contribution in [0.15, 0.2) is 30.4 Å². The van der Waals surface area contributed by atoms with Crippen molar-refractivity contribution in [1.29, 1.82) is 5.26 Å². The molecule has 0 spiro atoms. The van der Waals surface area contributed by atoms with Crippen LogP contribution in [0.25, 0.3) is 0 Å². The molecule has 3 rings (SSSR count). The highest BCUT2D eigenvalue weighted by Gasteiger charge is 2.27. The van der Waals surface area contributed by atoms with Crippen LogP contribution in [0.3, 0.4) is 0 Å². The molecule has 1 aromatic rings. The molecule has 110 valence electrons. The van der Waals surface area contributed by atoms with Gasteiger partial charge >= 0.3 is 0 Å². The third kappa shape index (κ3) is 3.29. The topological polar surface area (TPSA) is 44.0 Å². The van der Waals surface area contributed by atoms with Crippen LogP contribution in [0.1, 0.15) is 49.7 Å². The Bertz CT molecular complexity index is 561. The van der Waals surface area contributed by atoms with E-state index in [9.17, 15) is 5.11 Å². The Labute approximate surface area is 127 Å². The first-order valence-corrected chi connectivity index (χ1v) is 8.15. The number of rotatable bonds is 3. The average molecular weight is 281 g/mol. The fraction of sp³-hybridized carbons (Fsp3) is 0.526. The van der Waals surface area contributed by atoms with E-state index in [1.165, 1.54) is 38.5 Å². The standard InChI is InChI=1S/C19H23NO/c20-13-18-10-7-15(12-19(18)21)11-14-5-8-17(9-6-14)16-3-1-2-4-16/h1,3,7,10,12,14,16-17,21H,2,4-6,8-9,11H2. The molecule has 1 unspecified atom stereocenters. The molecule has 0 radical (unpaired) electrons. The Hall–Kier alpha value is -1.75. The zero-order valence-corrected chi connectivity index (χ0v) is 12.5. The monoisotopic (exact) mass is 281 g/mol. The summed E-state index contributed by atoms with van der Waals surface area (Å²) in [5.41, 5.74) is 1.53. The number of phenolic OH excluding ortho intramolecular Hbond substituents is 1. The van der Waals surface area contributed by atoms with Crippen LogP contribution in [-0.4, -0.2) is 5.11 Å². The van der Waals surface area contributed by atoms with Crippen molar-refractivity contribution in [3.05, 3.63) is 41.5 Å². The van der Waals surface area contributed by atoms with Crippen molar-refractivity contribution in [2.24, 2.45) is 17.8 Å². The van der Waals surface area contributed by atoms with Crippen molar-refractivity contribution in [3.63, 3.8) is 0 Å². The highest BCUT2D eigenvalue weighted by Crippen LogP contribution is 2.39. The summed E-state index contributed by atoms with van der Waals surface area (Å²) in [6, 6.07) is 7.50. The van der Waals surface area contributed by atoms with Gasteiger partial charge in [-0.25, -0.2) is 0 Å². The molecular formula is C19H23NO. The first-order chi connectivity index (χ1) is 10.3. The summed E-state index contributed by atoms with van der Waals surface area (Å²) < 4.78 is 0. The summed E-state index contributed by atoms with van der Waals surface area (Å²) in [6.45, 7) is 0. The van der Waals surface area contributed by atoms with Crippen LogP contribution < -0.4 is 0 Å². The van der Waals surface area contributed by atoms with Gasteiger partial charge in [0.2, 0.25) is 0 Å². The molecule has 21 heavy (non-hydrogen) atoms. The molecule has 0 bridgehead atoms. The highest BCUT2D eigenvalue weighted by atomic mass is 16.3. The zero-order valence-electron chi connectivity index (χ0n) is 12.5. The minimum absolute atomic E-state index is 0.125. The molecular weight excluding hydrogens is 258 g/mol. The molecule has 1 atom stereocenters. The molecule has 0 amide bonds. The van der Waals surface area contributed by atoms with Crippen molar-refractivity contribution in [1.82, 2.24) is 0 Å². The predicted molar refractivity (Wildman–Crippen MR) is 83.8 cm³/mol. The first kappa shape index (κ1) is 14.2. The smallest absolute Gasteiger partial charge is 0.133 e. The lowest BCUT2D eigenvalue weighted by Crippen LogP contribution is -2.21. The van der Waals surface area contributed by atoms with Crippen molar-refractivity contribution in [3.8, 4) is 11.8 Å². The van der Waals surface area contributed by atoms with Gasteiger partial charge in [-0.3, -0.25) is 0 Å². The number of hydrogen-bond donors (Lipinski definition) is 1. The quantitative estimate of drug-likeness (QED) is 0.824. The van der Waals surface area contributed by atoms with Gasteiger partial charge in [-0.15, -0.1) is 0 Å². The zero-order chi connectivity index (χ0) is 14.7. The Balaban J connectivity index is 1.54. The van der Waals surface area contributed by atoms with E-state index in [1.54, 1.807) is 12.1 Å². The van der Waals surface area contributed by atoms with Gasteiger partial charge in [-0.1, -0.05) is 18.2 Å². The van der Waals surface area contributed by atoms with Crippen LogP contribution in [-0.2, 0) is 6.42 Å². The minimum atomic E-state index is 0.125. The minimum Gasteiger partial charge on any atom is -0.507 e. The molecule has 2 aliphatic carbocycles. The van der Waals surface area contributed by atoms with E-state index < -0.39 is 0 Å². The fourth-order valence-electron chi connectivity index (χ4n) is 4.00. The number of hydrogen-bond acceptors (Lipinski definition) is 2. The van der Waals surface area contributed by atoms with Gasteiger partial charge in [0.05, 0.1) is 5.56 Å². The molecule has 1 saturated carbocycles. The van der Waals surface area contributed by atoms with E-state index in [-0.39, 0.29) is 5.75 Å². The van der Waals surface area contributed by atoms with E-state index in [0.29, 0.717) is 5.56 Å². The second-order valence-corrected chi connectivity index (χ2v) is 6.62. The van der Waals surface area contributed by atoms with Gasteiger partial charge in [0.15, 0.2) is 0 Å². The largest absolute Gasteiger partial charge is 0.507 e. The lowest BCUT2D eigenvalue weighted by molar-refractivity contribution is 0.227. The Morgan fingerprint density at radius 2 is 1.95 bits per heavy atom. The van der Waals surface area contributed by atoms with Crippen LogP contribution >= 0.6 is 0 Å². The van der Waals surface area contributed by atoms with Crippen LogP contribution in [0.2, 0.25) is 0 Å². The number of benzene rings is 1. The molecule has 1 fully saturated rings. The summed E-state index contributed by atoms with van der Waals surface area (Å²) in [4.78, 5) is 0. The van der Waals surface area contributed by atoms with Crippen LogP contribution in [0, 0.1) is 29.1 Å². The number of allylic oxidation sites excluding steroid dienone is 2. The lowest BCUT2D eigenvalue weighted by Gasteiger charge is -2.31. The lowest BCUT2D eigenvalue weighted by atomic mass is 9.74. The molecule has 0 aromatic heterocycles. The van der Waals surface area contributed by atoms with Crippen molar-refractivity contribution < 1.29 is 5.11 Å². The van der Waals surface area contributed by atoms with Crippen molar-refractivity contribution in [2.75, 3.05) is 0 Å². The summed E-state index contributed by atoms with van der Waals surface area (Å²) in [7, 11) is 0. The molecule has 0 aliphatic heterocycles. The molecule has 0 saturated heterocycles. The molecule has 1 aromatic carbocycles.